The van der Waals surface area contributed by atoms with Crippen molar-refractivity contribution in [2.45, 2.75) is 31.0 Å². The van der Waals surface area contributed by atoms with E-state index >= 15 is 0 Å². The zero-order valence-corrected chi connectivity index (χ0v) is 19.0. The van der Waals surface area contributed by atoms with Crippen LogP contribution in [0, 0.1) is 6.92 Å². The topological polar surface area (TPSA) is 79.7 Å². The smallest absolute Gasteiger partial charge is 0.416 e. The molecule has 4 rings (SSSR count). The van der Waals surface area contributed by atoms with Gasteiger partial charge in [0.2, 0.25) is 0 Å². The van der Waals surface area contributed by atoms with Crippen molar-refractivity contribution in [2.24, 2.45) is 0 Å². The predicted octanol–water partition coefficient (Wildman–Crippen LogP) is 4.68. The van der Waals surface area contributed by atoms with Gasteiger partial charge in [0.05, 0.1) is 16.2 Å². The predicted molar refractivity (Wildman–Crippen MR) is 117 cm³/mol. The maximum absolute atomic E-state index is 13.1. The molecule has 6 nitrogen and oxygen atoms in total. The van der Waals surface area contributed by atoms with Crippen molar-refractivity contribution in [3.05, 3.63) is 64.2 Å². The number of aryl methyl sites for hydroxylation is 1. The number of thiazole rings is 1. The fraction of sp³-hybridized carbons (Fsp3) is 0.273. The van der Waals surface area contributed by atoms with Crippen LogP contribution in [0.25, 0.3) is 10.6 Å². The molecule has 2 heterocycles. The highest BCUT2D eigenvalue weighted by Gasteiger charge is 2.30. The minimum Gasteiger partial charge on any atom is -0.482 e. The van der Waals surface area contributed by atoms with Crippen molar-refractivity contribution in [3.63, 3.8) is 0 Å². The van der Waals surface area contributed by atoms with Crippen LogP contribution >= 0.6 is 11.3 Å². The fourth-order valence-corrected chi connectivity index (χ4v) is 5.89. The van der Waals surface area contributed by atoms with E-state index in [1.54, 1.807) is 25.1 Å². The van der Waals surface area contributed by atoms with Gasteiger partial charge in [0, 0.05) is 30.0 Å². The largest absolute Gasteiger partial charge is 0.482 e. The Balaban J connectivity index is 1.48. The molecule has 2 aromatic carbocycles. The van der Waals surface area contributed by atoms with Crippen molar-refractivity contribution in [3.8, 4) is 16.3 Å². The third kappa shape index (κ3) is 5.26. The number of carbonyl (C=O) groups is 1. The molecule has 1 unspecified atom stereocenters. The molecular formula is C22H19F3N2O4S2. The summed E-state index contributed by atoms with van der Waals surface area (Å²) in [5, 5.41) is 9.38. The van der Waals surface area contributed by atoms with Gasteiger partial charge in [0.15, 0.2) is 6.61 Å². The van der Waals surface area contributed by atoms with E-state index in [0.29, 0.717) is 46.3 Å². The first-order chi connectivity index (χ1) is 15.6. The summed E-state index contributed by atoms with van der Waals surface area (Å²) in [6.07, 6.45) is -3.80. The molecule has 1 atom stereocenters. The Labute approximate surface area is 194 Å². The second-order valence-corrected chi connectivity index (χ2v) is 10.0. The Bertz CT molecular complexity index is 1210. The summed E-state index contributed by atoms with van der Waals surface area (Å²) < 4.78 is 58.6. The van der Waals surface area contributed by atoms with Gasteiger partial charge < -0.3 is 9.84 Å². The van der Waals surface area contributed by atoms with Gasteiger partial charge in [-0.15, -0.1) is 11.3 Å². The minimum atomic E-state index is -4.38. The van der Waals surface area contributed by atoms with Crippen molar-refractivity contribution in [1.82, 2.24) is 9.29 Å². The molecule has 11 heteroatoms. The lowest BCUT2D eigenvalue weighted by Crippen LogP contribution is -2.31. The van der Waals surface area contributed by atoms with E-state index in [-0.39, 0.29) is 0 Å². The lowest BCUT2D eigenvalue weighted by atomic mass is 10.1. The third-order valence-corrected chi connectivity index (χ3v) is 7.66. The second-order valence-electron chi connectivity index (χ2n) is 7.44. The maximum Gasteiger partial charge on any atom is 0.416 e. The number of nitrogens with zero attached hydrogens (tertiary/aromatic N) is 2. The summed E-state index contributed by atoms with van der Waals surface area (Å²) in [6.45, 7) is 2.24. The molecule has 1 aliphatic rings. The van der Waals surface area contributed by atoms with E-state index in [4.69, 9.17) is 9.84 Å². The van der Waals surface area contributed by atoms with Gasteiger partial charge in [-0.25, -0.2) is 18.3 Å². The average Bonchev–Trinajstić information content (AvgIpc) is 3.20. The Morgan fingerprint density at radius 1 is 1.24 bits per heavy atom. The molecule has 0 amide bonds. The molecule has 3 aromatic rings. The van der Waals surface area contributed by atoms with E-state index in [1.165, 1.54) is 23.5 Å². The summed E-state index contributed by atoms with van der Waals surface area (Å²) in [5.41, 5.74) is 1.46. The van der Waals surface area contributed by atoms with Crippen LogP contribution < -0.4 is 4.74 Å². The van der Waals surface area contributed by atoms with Crippen LogP contribution in [-0.4, -0.2) is 37.7 Å². The molecule has 0 fully saturated rings. The first-order valence-electron chi connectivity index (χ1n) is 9.90. The summed E-state index contributed by atoms with van der Waals surface area (Å²) in [7, 11) is -1.44. The number of ether oxygens (including phenoxy) is 1. The highest BCUT2D eigenvalue weighted by molar-refractivity contribution is 7.82. The zero-order valence-electron chi connectivity index (χ0n) is 17.4. The highest BCUT2D eigenvalue weighted by atomic mass is 32.2. The summed E-state index contributed by atoms with van der Waals surface area (Å²) in [6, 6.07) is 9.89. The molecular weight excluding hydrogens is 477 g/mol. The van der Waals surface area contributed by atoms with Crippen LogP contribution in [0.1, 0.15) is 21.7 Å². The van der Waals surface area contributed by atoms with Crippen LogP contribution in [0.15, 0.2) is 47.4 Å². The first kappa shape index (κ1) is 23.4. The lowest BCUT2D eigenvalue weighted by molar-refractivity contribution is -0.139. The molecule has 174 valence electrons. The number of halogens is 3. The molecule has 1 aliphatic heterocycles. The number of carboxylic acids is 1. The quantitative estimate of drug-likeness (QED) is 0.536. The van der Waals surface area contributed by atoms with Gasteiger partial charge in [-0.2, -0.15) is 13.2 Å². The number of aromatic nitrogens is 1. The summed E-state index contributed by atoms with van der Waals surface area (Å²) in [5.74, 6) is -0.658. The van der Waals surface area contributed by atoms with Crippen molar-refractivity contribution in [1.29, 1.82) is 0 Å². The van der Waals surface area contributed by atoms with Gasteiger partial charge in [-0.05, 0) is 42.8 Å². The number of carboxylic acid groups (broad SMARTS) is 1. The van der Waals surface area contributed by atoms with Crippen molar-refractivity contribution >= 4 is 28.3 Å². The number of alkyl halides is 3. The summed E-state index contributed by atoms with van der Waals surface area (Å²) in [4.78, 5) is 16.8. The van der Waals surface area contributed by atoms with E-state index in [2.05, 4.69) is 4.98 Å². The molecule has 33 heavy (non-hydrogen) atoms. The zero-order chi connectivity index (χ0) is 23.8. The fourth-order valence-electron chi connectivity index (χ4n) is 3.42. The maximum atomic E-state index is 13.1. The molecule has 0 aliphatic carbocycles. The number of rotatable bonds is 6. The van der Waals surface area contributed by atoms with Crippen LogP contribution in [0.5, 0.6) is 5.75 Å². The van der Waals surface area contributed by atoms with E-state index in [0.717, 1.165) is 22.7 Å². The normalized spacial score (nSPS) is 15.2. The molecule has 1 N–H and O–H groups in total. The first-order valence-corrected chi connectivity index (χ1v) is 11.8. The monoisotopic (exact) mass is 496 g/mol. The standard InChI is InChI=1S/C22H19F3N2O4S2/c1-13-10-16(6-7-18(13)31-12-20(28)29)33(30)27-9-8-17-19(11-27)32-21(26-17)14-2-4-15(5-3-14)22(23,24)25/h2-7,10H,8-9,11-12H2,1H3,(H,28,29). The van der Waals surface area contributed by atoms with E-state index in [9.17, 15) is 22.2 Å². The SMILES string of the molecule is Cc1cc(S(=O)N2CCc3nc(-c4ccc(C(F)(F)F)cc4)sc3C2)ccc1OCC(=O)O. The number of aliphatic carboxylic acids is 1. The molecule has 0 saturated heterocycles. The molecule has 0 radical (unpaired) electrons. The molecule has 0 saturated carbocycles. The Morgan fingerprint density at radius 3 is 2.61 bits per heavy atom. The van der Waals surface area contributed by atoms with Crippen LogP contribution in [0.3, 0.4) is 0 Å². The van der Waals surface area contributed by atoms with Crippen LogP contribution in [0.4, 0.5) is 13.2 Å². The highest BCUT2D eigenvalue weighted by Crippen LogP contribution is 2.35. The number of hydrogen-bond acceptors (Lipinski definition) is 5. The molecule has 0 spiro atoms. The Kier molecular flexibility index (Phi) is 6.55. The Morgan fingerprint density at radius 2 is 1.97 bits per heavy atom. The summed E-state index contributed by atoms with van der Waals surface area (Å²) >= 11 is 1.39. The second kappa shape index (κ2) is 9.24. The third-order valence-electron chi connectivity index (χ3n) is 5.09. The number of benzene rings is 2. The number of fused-ring (bicyclic) bond motifs is 1. The van der Waals surface area contributed by atoms with E-state index in [1.807, 2.05) is 4.31 Å². The molecule has 0 bridgehead atoms. The van der Waals surface area contributed by atoms with Gasteiger partial charge in [0.25, 0.3) is 0 Å². The van der Waals surface area contributed by atoms with E-state index < -0.39 is 35.3 Å². The molecule has 1 aromatic heterocycles. The van der Waals surface area contributed by atoms with Gasteiger partial charge in [-0.1, -0.05) is 12.1 Å². The van der Waals surface area contributed by atoms with Crippen molar-refractivity contribution < 1.29 is 32.0 Å². The number of hydrogen-bond donors (Lipinski definition) is 1. The Hall–Kier alpha value is -2.76. The van der Waals surface area contributed by atoms with Crippen LogP contribution in [-0.2, 0) is 34.9 Å². The van der Waals surface area contributed by atoms with Gasteiger partial charge in [0.1, 0.15) is 21.7 Å². The van der Waals surface area contributed by atoms with Crippen molar-refractivity contribution in [2.75, 3.05) is 13.2 Å². The minimum absolute atomic E-state index is 0.413. The van der Waals surface area contributed by atoms with Gasteiger partial charge in [-0.3, -0.25) is 0 Å². The average molecular weight is 497 g/mol. The lowest BCUT2D eigenvalue weighted by Gasteiger charge is -2.24. The van der Waals surface area contributed by atoms with Gasteiger partial charge >= 0.3 is 12.1 Å². The van der Waals surface area contributed by atoms with Crippen LogP contribution in [0.2, 0.25) is 0 Å².